The van der Waals surface area contributed by atoms with Gasteiger partial charge in [0.05, 0.1) is 5.39 Å². The Morgan fingerprint density at radius 3 is 3.04 bits per heavy atom. The highest BCUT2D eigenvalue weighted by Crippen LogP contribution is 2.33. The van der Waals surface area contributed by atoms with Crippen LogP contribution in [0.3, 0.4) is 0 Å². The van der Waals surface area contributed by atoms with Gasteiger partial charge in [-0.15, -0.1) is 11.3 Å². The zero-order chi connectivity index (χ0) is 17.4. The molecule has 0 aromatic carbocycles. The molecule has 0 aliphatic heterocycles. The molecule has 1 aliphatic rings. The van der Waals surface area contributed by atoms with E-state index < -0.39 is 0 Å². The second kappa shape index (κ2) is 6.44. The molecule has 0 unspecified atom stereocenters. The van der Waals surface area contributed by atoms with Crippen LogP contribution in [0.5, 0.6) is 0 Å². The van der Waals surface area contributed by atoms with Crippen LogP contribution in [-0.2, 0) is 24.1 Å². The first-order valence-corrected chi connectivity index (χ1v) is 9.18. The quantitative estimate of drug-likeness (QED) is 0.747. The van der Waals surface area contributed by atoms with E-state index in [0.717, 1.165) is 29.5 Å². The SMILES string of the molecule is Cc1cc(NC(=O)CCc2nc3sc4c(c3c(=O)[nH]2)CCCC4)no1. The second-order valence-corrected chi connectivity index (χ2v) is 7.36. The maximum absolute atomic E-state index is 12.5. The lowest BCUT2D eigenvalue weighted by Crippen LogP contribution is -2.16. The van der Waals surface area contributed by atoms with E-state index >= 15 is 0 Å². The molecule has 0 fully saturated rings. The van der Waals surface area contributed by atoms with Crippen LogP contribution in [0.15, 0.2) is 15.4 Å². The molecular formula is C17H18N4O3S. The molecule has 130 valence electrons. The smallest absolute Gasteiger partial charge is 0.259 e. The zero-order valence-corrected chi connectivity index (χ0v) is 14.7. The van der Waals surface area contributed by atoms with E-state index in [9.17, 15) is 9.59 Å². The predicted octanol–water partition coefficient (Wildman–Crippen LogP) is 2.73. The first-order chi connectivity index (χ1) is 12.1. The van der Waals surface area contributed by atoms with E-state index in [1.165, 1.54) is 16.9 Å². The maximum Gasteiger partial charge on any atom is 0.259 e. The Bertz CT molecular complexity index is 1000. The van der Waals surface area contributed by atoms with Crippen molar-refractivity contribution in [3.8, 4) is 0 Å². The largest absolute Gasteiger partial charge is 0.360 e. The summed E-state index contributed by atoms with van der Waals surface area (Å²) >= 11 is 1.61. The summed E-state index contributed by atoms with van der Waals surface area (Å²) < 4.78 is 4.91. The molecule has 25 heavy (non-hydrogen) atoms. The number of carbonyl (C=O) groups is 1. The Morgan fingerprint density at radius 1 is 1.40 bits per heavy atom. The van der Waals surface area contributed by atoms with Crippen molar-refractivity contribution in [2.45, 2.75) is 45.4 Å². The molecule has 8 heteroatoms. The number of rotatable bonds is 4. The monoisotopic (exact) mass is 358 g/mol. The molecule has 0 saturated carbocycles. The first kappa shape index (κ1) is 16.0. The van der Waals surface area contributed by atoms with Crippen molar-refractivity contribution in [2.75, 3.05) is 5.32 Å². The third-order valence-corrected chi connectivity index (χ3v) is 5.54. The highest BCUT2D eigenvalue weighted by Gasteiger charge is 2.19. The number of anilines is 1. The molecule has 3 heterocycles. The van der Waals surface area contributed by atoms with Crippen LogP contribution in [0.1, 0.15) is 41.3 Å². The molecule has 1 aliphatic carbocycles. The van der Waals surface area contributed by atoms with Crippen molar-refractivity contribution in [1.82, 2.24) is 15.1 Å². The minimum Gasteiger partial charge on any atom is -0.360 e. The average Bonchev–Trinajstić information content (AvgIpc) is 3.16. The summed E-state index contributed by atoms with van der Waals surface area (Å²) in [6, 6.07) is 1.65. The summed E-state index contributed by atoms with van der Waals surface area (Å²) in [5, 5.41) is 7.13. The third-order valence-electron chi connectivity index (χ3n) is 4.36. The Hall–Kier alpha value is -2.48. The van der Waals surface area contributed by atoms with Gasteiger partial charge >= 0.3 is 0 Å². The van der Waals surface area contributed by atoms with Gasteiger partial charge in [0.2, 0.25) is 5.91 Å². The number of nitrogens with zero attached hydrogens (tertiary/aromatic N) is 2. The fraction of sp³-hybridized carbons (Fsp3) is 0.412. The van der Waals surface area contributed by atoms with Gasteiger partial charge in [0.15, 0.2) is 5.82 Å². The molecule has 1 amide bonds. The normalized spacial score (nSPS) is 13.8. The number of fused-ring (bicyclic) bond motifs is 3. The lowest BCUT2D eigenvalue weighted by Gasteiger charge is -2.09. The van der Waals surface area contributed by atoms with Gasteiger partial charge in [-0.25, -0.2) is 4.98 Å². The van der Waals surface area contributed by atoms with Crippen LogP contribution in [0.4, 0.5) is 5.82 Å². The molecule has 0 bridgehead atoms. The van der Waals surface area contributed by atoms with Crippen molar-refractivity contribution in [3.05, 3.63) is 38.4 Å². The maximum atomic E-state index is 12.5. The molecule has 4 rings (SSSR count). The molecule has 0 atom stereocenters. The number of aromatic amines is 1. The number of carbonyl (C=O) groups excluding carboxylic acids is 1. The van der Waals surface area contributed by atoms with Gasteiger partial charge in [-0.2, -0.15) is 0 Å². The van der Waals surface area contributed by atoms with E-state index in [1.54, 1.807) is 24.3 Å². The standard InChI is InChI=1S/C17H18N4O3S/c1-9-8-13(21-24-9)18-14(22)7-6-12-19-16(23)15-10-4-2-3-5-11(10)25-17(15)20-12/h8H,2-7H2,1H3,(H,18,21,22)(H,19,20,23). The average molecular weight is 358 g/mol. The van der Waals surface area contributed by atoms with E-state index in [1.807, 2.05) is 0 Å². The minimum absolute atomic E-state index is 0.0908. The molecule has 0 radical (unpaired) electrons. The molecule has 7 nitrogen and oxygen atoms in total. The number of hydrogen-bond donors (Lipinski definition) is 2. The van der Waals surface area contributed by atoms with Crippen molar-refractivity contribution >= 4 is 33.3 Å². The summed E-state index contributed by atoms with van der Waals surface area (Å²) in [6.45, 7) is 1.76. The van der Waals surface area contributed by atoms with Gasteiger partial charge in [-0.05, 0) is 38.2 Å². The summed E-state index contributed by atoms with van der Waals surface area (Å²) in [5.74, 6) is 1.38. The van der Waals surface area contributed by atoms with Gasteiger partial charge in [0.25, 0.3) is 5.56 Å². The Balaban J connectivity index is 1.50. The molecule has 0 saturated heterocycles. The van der Waals surface area contributed by atoms with Gasteiger partial charge in [0.1, 0.15) is 16.4 Å². The molecule has 3 aromatic heterocycles. The van der Waals surface area contributed by atoms with Crippen LogP contribution in [0, 0.1) is 6.92 Å². The van der Waals surface area contributed by atoms with Crippen LogP contribution in [-0.4, -0.2) is 21.0 Å². The van der Waals surface area contributed by atoms with Crippen LogP contribution >= 0.6 is 11.3 Å². The van der Waals surface area contributed by atoms with Crippen LogP contribution in [0.2, 0.25) is 0 Å². The van der Waals surface area contributed by atoms with Gasteiger partial charge in [0, 0.05) is 23.8 Å². The van der Waals surface area contributed by atoms with E-state index in [-0.39, 0.29) is 17.9 Å². The molecular weight excluding hydrogens is 340 g/mol. The lowest BCUT2D eigenvalue weighted by atomic mass is 9.97. The number of thiophene rings is 1. The number of nitrogens with one attached hydrogen (secondary N) is 2. The number of aryl methyl sites for hydroxylation is 4. The van der Waals surface area contributed by atoms with Gasteiger partial charge in [-0.1, -0.05) is 5.16 Å². The topological polar surface area (TPSA) is 101 Å². The fourth-order valence-corrected chi connectivity index (χ4v) is 4.47. The fourth-order valence-electron chi connectivity index (χ4n) is 3.19. The highest BCUT2D eigenvalue weighted by molar-refractivity contribution is 7.18. The summed E-state index contributed by atoms with van der Waals surface area (Å²) in [5.41, 5.74) is 1.08. The Morgan fingerprint density at radius 2 is 2.24 bits per heavy atom. The Labute approximate surface area is 147 Å². The third kappa shape index (κ3) is 3.21. The van der Waals surface area contributed by atoms with Gasteiger partial charge < -0.3 is 14.8 Å². The summed E-state index contributed by atoms with van der Waals surface area (Å²) in [7, 11) is 0. The number of hydrogen-bond acceptors (Lipinski definition) is 6. The lowest BCUT2D eigenvalue weighted by molar-refractivity contribution is -0.116. The van der Waals surface area contributed by atoms with E-state index in [0.29, 0.717) is 23.8 Å². The first-order valence-electron chi connectivity index (χ1n) is 8.37. The second-order valence-electron chi connectivity index (χ2n) is 6.27. The zero-order valence-electron chi connectivity index (χ0n) is 13.8. The number of aromatic nitrogens is 3. The van der Waals surface area contributed by atoms with Gasteiger partial charge in [-0.3, -0.25) is 9.59 Å². The summed E-state index contributed by atoms with van der Waals surface area (Å²) in [4.78, 5) is 33.9. The number of amides is 1. The van der Waals surface area contributed by atoms with Crippen molar-refractivity contribution < 1.29 is 9.32 Å². The molecule has 2 N–H and O–H groups in total. The summed E-state index contributed by atoms with van der Waals surface area (Å²) in [6.07, 6.45) is 4.87. The minimum atomic E-state index is -0.193. The number of H-pyrrole nitrogens is 1. The van der Waals surface area contributed by atoms with E-state index in [2.05, 4.69) is 20.4 Å². The van der Waals surface area contributed by atoms with Crippen molar-refractivity contribution in [2.24, 2.45) is 0 Å². The van der Waals surface area contributed by atoms with Crippen molar-refractivity contribution in [1.29, 1.82) is 0 Å². The van der Waals surface area contributed by atoms with Crippen molar-refractivity contribution in [3.63, 3.8) is 0 Å². The predicted molar refractivity (Wildman–Crippen MR) is 95.1 cm³/mol. The van der Waals surface area contributed by atoms with Crippen LogP contribution < -0.4 is 10.9 Å². The molecule has 0 spiro atoms. The Kier molecular flexibility index (Phi) is 4.12. The molecule has 3 aromatic rings. The van der Waals surface area contributed by atoms with Crippen LogP contribution in [0.25, 0.3) is 10.2 Å². The highest BCUT2D eigenvalue weighted by atomic mass is 32.1. The van der Waals surface area contributed by atoms with E-state index in [4.69, 9.17) is 4.52 Å².